The maximum Gasteiger partial charge on any atom is 0.251 e. The van der Waals surface area contributed by atoms with Crippen molar-refractivity contribution in [3.63, 3.8) is 0 Å². The molecule has 0 bridgehead atoms. The molecule has 1 aliphatic heterocycles. The second-order valence-electron chi connectivity index (χ2n) is 6.91. The van der Waals surface area contributed by atoms with Gasteiger partial charge in [-0.15, -0.1) is 24.8 Å². The third-order valence-corrected chi connectivity index (χ3v) is 5.07. The zero-order valence-corrected chi connectivity index (χ0v) is 19.5. The first-order valence-electron chi connectivity index (χ1n) is 9.88. The largest absolute Gasteiger partial charge is 0.496 e. The third kappa shape index (κ3) is 6.90. The summed E-state index contributed by atoms with van der Waals surface area (Å²) < 4.78 is 16.8. The fourth-order valence-electron chi connectivity index (χ4n) is 3.49. The minimum atomic E-state index is -0.138. The number of hydrogen-bond donors (Lipinski definition) is 2. The average Bonchev–Trinajstić information content (AvgIpc) is 3.27. The minimum absolute atomic E-state index is 0. The summed E-state index contributed by atoms with van der Waals surface area (Å²) in [6.45, 7) is 3.97. The Hall–Kier alpha value is -2.19. The summed E-state index contributed by atoms with van der Waals surface area (Å²) in [5, 5.41) is 2.98. The van der Waals surface area contributed by atoms with Crippen LogP contribution in [0.25, 0.3) is 0 Å². The van der Waals surface area contributed by atoms with Crippen LogP contribution in [0.15, 0.2) is 36.4 Å². The number of hydrogen-bond acceptors (Lipinski definition) is 6. The Morgan fingerprint density at radius 3 is 2.32 bits per heavy atom. The number of nitrogens with one attached hydrogen (secondary N) is 1. The predicted molar refractivity (Wildman–Crippen MR) is 126 cm³/mol. The quantitative estimate of drug-likeness (QED) is 0.580. The summed E-state index contributed by atoms with van der Waals surface area (Å²) in [4.78, 5) is 14.9. The van der Waals surface area contributed by atoms with Crippen LogP contribution in [0.2, 0.25) is 0 Å². The van der Waals surface area contributed by atoms with E-state index in [-0.39, 0.29) is 37.3 Å². The molecule has 1 aliphatic rings. The molecule has 0 spiro atoms. The maximum atomic E-state index is 12.6. The standard InChI is InChI=1S/C22H29N3O4.2ClH/c1-27-18-6-5-7-19(17(18)15-23)29-21-14-16(8-9-20(21)28-2)22(26)24-10-13-25-11-3-4-12-25;;/h5-9,14H,3-4,10-13,15,23H2,1-2H3,(H,24,26);2*1H. The van der Waals surface area contributed by atoms with Crippen LogP contribution in [-0.2, 0) is 6.54 Å². The summed E-state index contributed by atoms with van der Waals surface area (Å²) in [5.74, 6) is 2.06. The molecule has 7 nitrogen and oxygen atoms in total. The van der Waals surface area contributed by atoms with Crippen LogP contribution in [0.4, 0.5) is 0 Å². The van der Waals surface area contributed by atoms with Crippen LogP contribution in [0.3, 0.4) is 0 Å². The number of methoxy groups -OCH3 is 2. The van der Waals surface area contributed by atoms with Gasteiger partial charge in [-0.3, -0.25) is 4.79 Å². The van der Waals surface area contributed by atoms with E-state index in [1.165, 1.54) is 12.8 Å². The van der Waals surface area contributed by atoms with E-state index >= 15 is 0 Å². The molecule has 1 amide bonds. The second kappa shape index (κ2) is 13.3. The van der Waals surface area contributed by atoms with Crippen molar-refractivity contribution in [2.75, 3.05) is 40.4 Å². The molecular weight excluding hydrogens is 441 g/mol. The Kier molecular flexibility index (Phi) is 11.5. The van der Waals surface area contributed by atoms with Crippen LogP contribution in [0.5, 0.6) is 23.0 Å². The highest BCUT2D eigenvalue weighted by Gasteiger charge is 2.16. The summed E-state index contributed by atoms with van der Waals surface area (Å²) in [7, 11) is 3.15. The second-order valence-corrected chi connectivity index (χ2v) is 6.91. The molecule has 1 heterocycles. The van der Waals surface area contributed by atoms with E-state index in [2.05, 4.69) is 10.2 Å². The van der Waals surface area contributed by atoms with Crippen molar-refractivity contribution in [2.24, 2.45) is 5.73 Å². The van der Waals surface area contributed by atoms with Gasteiger partial charge in [-0.05, 0) is 56.3 Å². The van der Waals surface area contributed by atoms with Crippen LogP contribution in [0, 0.1) is 0 Å². The summed E-state index contributed by atoms with van der Waals surface area (Å²) >= 11 is 0. The molecular formula is C22H31Cl2N3O4. The van der Waals surface area contributed by atoms with Gasteiger partial charge >= 0.3 is 0 Å². The molecule has 31 heavy (non-hydrogen) atoms. The van der Waals surface area contributed by atoms with Crippen molar-refractivity contribution < 1.29 is 19.0 Å². The highest BCUT2D eigenvalue weighted by Crippen LogP contribution is 2.36. The zero-order valence-electron chi connectivity index (χ0n) is 17.9. The maximum absolute atomic E-state index is 12.6. The first kappa shape index (κ1) is 26.8. The molecule has 3 N–H and O–H groups in total. The van der Waals surface area contributed by atoms with E-state index in [0.29, 0.717) is 35.1 Å². The number of carbonyl (C=O) groups is 1. The lowest BCUT2D eigenvalue weighted by molar-refractivity contribution is 0.0949. The highest BCUT2D eigenvalue weighted by atomic mass is 35.5. The van der Waals surface area contributed by atoms with Gasteiger partial charge in [0, 0.05) is 25.2 Å². The molecule has 9 heteroatoms. The number of rotatable bonds is 9. The van der Waals surface area contributed by atoms with Gasteiger partial charge in [0.25, 0.3) is 5.91 Å². The molecule has 0 unspecified atom stereocenters. The molecule has 0 aliphatic carbocycles. The van der Waals surface area contributed by atoms with Crippen LogP contribution in [-0.4, -0.2) is 51.2 Å². The number of halogens is 2. The van der Waals surface area contributed by atoms with Gasteiger partial charge in [0.15, 0.2) is 11.5 Å². The van der Waals surface area contributed by atoms with E-state index < -0.39 is 0 Å². The monoisotopic (exact) mass is 471 g/mol. The summed E-state index contributed by atoms with van der Waals surface area (Å²) in [6, 6.07) is 10.6. The van der Waals surface area contributed by atoms with Gasteiger partial charge in [0.1, 0.15) is 11.5 Å². The summed E-state index contributed by atoms with van der Waals surface area (Å²) in [6.07, 6.45) is 2.48. The molecule has 0 radical (unpaired) electrons. The topological polar surface area (TPSA) is 86.0 Å². The molecule has 2 aromatic carbocycles. The van der Waals surface area contributed by atoms with Gasteiger partial charge in [-0.25, -0.2) is 0 Å². The lowest BCUT2D eigenvalue weighted by Crippen LogP contribution is -2.33. The molecule has 0 atom stereocenters. The fourth-order valence-corrected chi connectivity index (χ4v) is 3.49. The third-order valence-electron chi connectivity index (χ3n) is 5.07. The lowest BCUT2D eigenvalue weighted by atomic mass is 10.1. The molecule has 1 fully saturated rings. The average molecular weight is 472 g/mol. The highest BCUT2D eigenvalue weighted by molar-refractivity contribution is 5.94. The Morgan fingerprint density at radius 2 is 1.68 bits per heavy atom. The Bertz CT molecular complexity index is 846. The molecule has 172 valence electrons. The van der Waals surface area contributed by atoms with E-state index in [9.17, 15) is 4.79 Å². The number of amides is 1. The lowest BCUT2D eigenvalue weighted by Gasteiger charge is -2.17. The number of nitrogens with zero attached hydrogens (tertiary/aromatic N) is 1. The van der Waals surface area contributed by atoms with Crippen LogP contribution in [0.1, 0.15) is 28.8 Å². The number of nitrogens with two attached hydrogens (primary N) is 1. The first-order valence-corrected chi connectivity index (χ1v) is 9.88. The van der Waals surface area contributed by atoms with Crippen molar-refractivity contribution in [3.8, 4) is 23.0 Å². The molecule has 1 saturated heterocycles. The minimum Gasteiger partial charge on any atom is -0.496 e. The van der Waals surface area contributed by atoms with Crippen LogP contribution >= 0.6 is 24.8 Å². The van der Waals surface area contributed by atoms with Crippen molar-refractivity contribution in [1.29, 1.82) is 0 Å². The predicted octanol–water partition coefficient (Wildman–Crippen LogP) is 3.62. The zero-order chi connectivity index (χ0) is 20.6. The molecule has 2 aromatic rings. The molecule has 0 saturated carbocycles. The van der Waals surface area contributed by atoms with E-state index in [4.69, 9.17) is 19.9 Å². The van der Waals surface area contributed by atoms with Gasteiger partial charge in [-0.1, -0.05) is 6.07 Å². The van der Waals surface area contributed by atoms with Gasteiger partial charge in [0.05, 0.1) is 19.8 Å². The van der Waals surface area contributed by atoms with E-state index in [0.717, 1.165) is 25.2 Å². The molecule has 3 rings (SSSR count). The Labute approximate surface area is 196 Å². The number of benzene rings is 2. The molecule has 0 aromatic heterocycles. The van der Waals surface area contributed by atoms with Gasteiger partial charge in [-0.2, -0.15) is 0 Å². The van der Waals surface area contributed by atoms with Gasteiger partial charge < -0.3 is 30.2 Å². The van der Waals surface area contributed by atoms with Crippen molar-refractivity contribution in [3.05, 3.63) is 47.5 Å². The smallest absolute Gasteiger partial charge is 0.251 e. The Morgan fingerprint density at radius 1 is 1.00 bits per heavy atom. The Balaban J connectivity index is 0.00000240. The van der Waals surface area contributed by atoms with Crippen molar-refractivity contribution in [1.82, 2.24) is 10.2 Å². The van der Waals surface area contributed by atoms with Crippen molar-refractivity contribution in [2.45, 2.75) is 19.4 Å². The fraction of sp³-hybridized carbons (Fsp3) is 0.409. The SMILES string of the molecule is COc1ccc(C(=O)NCCN2CCCC2)cc1Oc1cccc(OC)c1CN.Cl.Cl. The number of likely N-dealkylation sites (tertiary alicyclic amines) is 1. The number of ether oxygens (including phenoxy) is 3. The number of carbonyl (C=O) groups excluding carboxylic acids is 1. The van der Waals surface area contributed by atoms with Crippen molar-refractivity contribution >= 4 is 30.7 Å². The van der Waals surface area contributed by atoms with E-state index in [1.54, 1.807) is 32.4 Å². The summed E-state index contributed by atoms with van der Waals surface area (Å²) in [5.41, 5.74) is 7.14. The van der Waals surface area contributed by atoms with Gasteiger partial charge in [0.2, 0.25) is 0 Å². The van der Waals surface area contributed by atoms with Crippen LogP contribution < -0.4 is 25.3 Å². The van der Waals surface area contributed by atoms with E-state index in [1.807, 2.05) is 18.2 Å². The first-order chi connectivity index (χ1) is 14.2. The normalized spacial score (nSPS) is 13.0.